The molecule has 1 fully saturated rings. The maximum Gasteiger partial charge on any atom is 0.0721 e. The number of ether oxygens (including phenoxy) is 1. The van der Waals surface area contributed by atoms with Crippen LogP contribution in [-0.4, -0.2) is 6.61 Å². The largest absolute Gasteiger partial charge is 0.373 e. The van der Waals surface area contributed by atoms with E-state index in [1.165, 1.54) is 49.7 Å². The van der Waals surface area contributed by atoms with E-state index in [2.05, 4.69) is 43.3 Å². The average Bonchev–Trinajstić information content (AvgIpc) is 2.59. The van der Waals surface area contributed by atoms with E-state index < -0.39 is 0 Å². The highest BCUT2D eigenvalue weighted by molar-refractivity contribution is 5.22. The molecule has 1 aromatic rings. The Morgan fingerprint density at radius 3 is 2.30 bits per heavy atom. The smallest absolute Gasteiger partial charge is 0.0721 e. The maximum atomic E-state index is 5.59. The Hall–Kier alpha value is -1.34. The lowest BCUT2D eigenvalue weighted by Gasteiger charge is -2.26. The number of aryl methyl sites for hydroxylation is 1. The van der Waals surface area contributed by atoms with E-state index in [0.717, 1.165) is 11.8 Å². The lowest BCUT2D eigenvalue weighted by molar-refractivity contribution is 0.148. The van der Waals surface area contributed by atoms with Gasteiger partial charge in [0.25, 0.3) is 0 Å². The van der Waals surface area contributed by atoms with E-state index in [0.29, 0.717) is 13.2 Å². The molecule has 0 aromatic heterocycles. The fraction of sp³-hybridized carbons (Fsp3) is 0.545. The van der Waals surface area contributed by atoms with Gasteiger partial charge in [-0.3, -0.25) is 0 Å². The molecular weight excluding hydrogens is 280 g/mol. The molecule has 1 aliphatic rings. The van der Waals surface area contributed by atoms with Crippen molar-refractivity contribution in [3.05, 3.63) is 59.7 Å². The number of allylic oxidation sites excluding steroid dienone is 3. The molecule has 1 saturated carbocycles. The minimum Gasteiger partial charge on any atom is -0.373 e. The molecule has 126 valence electrons. The van der Waals surface area contributed by atoms with Crippen molar-refractivity contribution in [1.82, 2.24) is 0 Å². The number of hydrogen-bond acceptors (Lipinski definition) is 1. The Kier molecular flexibility index (Phi) is 8.17. The monoisotopic (exact) mass is 312 g/mol. The van der Waals surface area contributed by atoms with E-state index in [1.807, 2.05) is 19.1 Å². The summed E-state index contributed by atoms with van der Waals surface area (Å²) >= 11 is 0. The second kappa shape index (κ2) is 10.4. The molecule has 0 aliphatic heterocycles. The molecule has 0 atom stereocenters. The molecule has 0 radical (unpaired) electrons. The van der Waals surface area contributed by atoms with Crippen LogP contribution in [0.3, 0.4) is 0 Å². The van der Waals surface area contributed by atoms with Gasteiger partial charge in [0.05, 0.1) is 13.2 Å². The number of hydrogen-bond donors (Lipinski definition) is 0. The van der Waals surface area contributed by atoms with Crippen LogP contribution in [0.2, 0.25) is 0 Å². The summed E-state index contributed by atoms with van der Waals surface area (Å²) in [5.74, 6) is 1.78. The van der Waals surface area contributed by atoms with Gasteiger partial charge in [0.2, 0.25) is 0 Å². The van der Waals surface area contributed by atoms with Crippen LogP contribution in [0, 0.1) is 11.8 Å². The molecule has 0 unspecified atom stereocenters. The van der Waals surface area contributed by atoms with Crippen molar-refractivity contribution in [2.24, 2.45) is 11.8 Å². The standard InChI is InChI=1S/C22H32O/c1-3-5-17-23-18-22-15-13-21(14-16-22)12-11-20-9-7-19(6-4-2)8-10-20/h3-6,13-16,19-20H,7-12,17-18H2,1-2H3/t19-,20-. The summed E-state index contributed by atoms with van der Waals surface area (Å²) < 4.78 is 5.59. The predicted octanol–water partition coefficient (Wildman–Crippen LogP) is 6.09. The van der Waals surface area contributed by atoms with E-state index >= 15 is 0 Å². The van der Waals surface area contributed by atoms with Crippen molar-refractivity contribution in [2.45, 2.75) is 59.0 Å². The van der Waals surface area contributed by atoms with Gasteiger partial charge in [0.1, 0.15) is 0 Å². The molecule has 2 rings (SSSR count). The molecule has 23 heavy (non-hydrogen) atoms. The van der Waals surface area contributed by atoms with Crippen molar-refractivity contribution >= 4 is 0 Å². The van der Waals surface area contributed by atoms with Crippen molar-refractivity contribution in [2.75, 3.05) is 6.61 Å². The third kappa shape index (κ3) is 6.74. The summed E-state index contributed by atoms with van der Waals surface area (Å²) in [7, 11) is 0. The Morgan fingerprint density at radius 1 is 0.957 bits per heavy atom. The van der Waals surface area contributed by atoms with Gasteiger partial charge in [0, 0.05) is 0 Å². The highest BCUT2D eigenvalue weighted by Gasteiger charge is 2.18. The molecule has 1 heteroatoms. The Bertz CT molecular complexity index is 475. The molecule has 1 nitrogen and oxygen atoms in total. The zero-order valence-corrected chi connectivity index (χ0v) is 14.8. The van der Waals surface area contributed by atoms with Gasteiger partial charge in [-0.15, -0.1) is 0 Å². The predicted molar refractivity (Wildman–Crippen MR) is 99.5 cm³/mol. The molecule has 0 saturated heterocycles. The van der Waals surface area contributed by atoms with Crippen LogP contribution in [0.4, 0.5) is 0 Å². The quantitative estimate of drug-likeness (QED) is 0.416. The lowest BCUT2D eigenvalue weighted by atomic mass is 9.79. The molecule has 0 amide bonds. The van der Waals surface area contributed by atoms with Crippen molar-refractivity contribution in [3.63, 3.8) is 0 Å². The fourth-order valence-corrected chi connectivity index (χ4v) is 3.46. The van der Waals surface area contributed by atoms with Crippen LogP contribution >= 0.6 is 0 Å². The maximum absolute atomic E-state index is 5.59. The van der Waals surface area contributed by atoms with Gasteiger partial charge in [-0.1, -0.05) is 48.6 Å². The van der Waals surface area contributed by atoms with Crippen molar-refractivity contribution in [3.8, 4) is 0 Å². The van der Waals surface area contributed by atoms with Gasteiger partial charge in [-0.25, -0.2) is 0 Å². The number of rotatable bonds is 8. The van der Waals surface area contributed by atoms with Gasteiger partial charge >= 0.3 is 0 Å². The summed E-state index contributed by atoms with van der Waals surface area (Å²) in [6, 6.07) is 8.99. The Labute approximate surface area is 142 Å². The second-order valence-corrected chi connectivity index (χ2v) is 6.75. The van der Waals surface area contributed by atoms with Crippen LogP contribution in [-0.2, 0) is 17.8 Å². The zero-order chi connectivity index (χ0) is 16.3. The van der Waals surface area contributed by atoms with Crippen LogP contribution in [0.1, 0.15) is 57.1 Å². The van der Waals surface area contributed by atoms with Crippen LogP contribution < -0.4 is 0 Å². The van der Waals surface area contributed by atoms with Crippen LogP contribution in [0.15, 0.2) is 48.6 Å². The third-order valence-corrected chi connectivity index (χ3v) is 4.94. The summed E-state index contributed by atoms with van der Waals surface area (Å²) in [6.45, 7) is 5.57. The van der Waals surface area contributed by atoms with E-state index in [9.17, 15) is 0 Å². The summed E-state index contributed by atoms with van der Waals surface area (Å²) in [6.07, 6.45) is 16.8. The SMILES string of the molecule is CC=CCOCc1ccc(CC[C@H]2CC[C@H](C=CC)CC2)cc1. The minimum atomic E-state index is 0.703. The molecule has 0 spiro atoms. The van der Waals surface area contributed by atoms with Gasteiger partial charge in [0.15, 0.2) is 0 Å². The molecular formula is C22H32O. The molecule has 1 aromatic carbocycles. The van der Waals surface area contributed by atoms with Gasteiger partial charge < -0.3 is 4.74 Å². The van der Waals surface area contributed by atoms with E-state index in [-0.39, 0.29) is 0 Å². The molecule has 0 bridgehead atoms. The summed E-state index contributed by atoms with van der Waals surface area (Å²) in [4.78, 5) is 0. The second-order valence-electron chi connectivity index (χ2n) is 6.75. The van der Waals surface area contributed by atoms with Crippen LogP contribution in [0.5, 0.6) is 0 Å². The van der Waals surface area contributed by atoms with Crippen molar-refractivity contribution < 1.29 is 4.74 Å². The summed E-state index contributed by atoms with van der Waals surface area (Å²) in [5, 5.41) is 0. The third-order valence-electron chi connectivity index (χ3n) is 4.94. The highest BCUT2D eigenvalue weighted by atomic mass is 16.5. The fourth-order valence-electron chi connectivity index (χ4n) is 3.46. The van der Waals surface area contributed by atoms with E-state index in [1.54, 1.807) is 0 Å². The first-order valence-corrected chi connectivity index (χ1v) is 9.21. The Morgan fingerprint density at radius 2 is 1.65 bits per heavy atom. The van der Waals surface area contributed by atoms with Gasteiger partial charge in [-0.05, 0) is 75.3 Å². The Balaban J connectivity index is 1.68. The van der Waals surface area contributed by atoms with Crippen LogP contribution in [0.25, 0.3) is 0 Å². The lowest BCUT2D eigenvalue weighted by Crippen LogP contribution is -2.13. The number of benzene rings is 1. The topological polar surface area (TPSA) is 9.23 Å². The first-order chi connectivity index (χ1) is 11.3. The first kappa shape index (κ1) is 18.0. The van der Waals surface area contributed by atoms with E-state index in [4.69, 9.17) is 4.74 Å². The molecule has 1 aliphatic carbocycles. The molecule has 0 heterocycles. The summed E-state index contributed by atoms with van der Waals surface area (Å²) in [5.41, 5.74) is 2.74. The van der Waals surface area contributed by atoms with Gasteiger partial charge in [-0.2, -0.15) is 0 Å². The minimum absolute atomic E-state index is 0.703. The average molecular weight is 312 g/mol. The molecule has 0 N–H and O–H groups in total. The van der Waals surface area contributed by atoms with Crippen molar-refractivity contribution in [1.29, 1.82) is 0 Å². The normalized spacial score (nSPS) is 22.2. The zero-order valence-electron chi connectivity index (χ0n) is 14.8. The highest BCUT2D eigenvalue weighted by Crippen LogP contribution is 2.32. The first-order valence-electron chi connectivity index (χ1n) is 9.21.